The normalized spacial score (nSPS) is 11.3. The molecule has 1 saturated heterocycles. The number of carbonyl (C=O) groups is 3. The van der Waals surface area contributed by atoms with Crippen LogP contribution in [0.15, 0.2) is 77.7 Å². The Labute approximate surface area is 316 Å². The summed E-state index contributed by atoms with van der Waals surface area (Å²) >= 11 is 1.70. The van der Waals surface area contributed by atoms with Crippen LogP contribution in [0, 0.1) is 0 Å². The molecule has 3 aromatic rings. The van der Waals surface area contributed by atoms with E-state index in [0.29, 0.717) is 6.54 Å². The Morgan fingerprint density at radius 2 is 1.35 bits per heavy atom. The van der Waals surface area contributed by atoms with E-state index >= 15 is 0 Å². The maximum absolute atomic E-state index is 13.9. The van der Waals surface area contributed by atoms with E-state index in [9.17, 15) is 18.9 Å². The number of likely N-dealkylation sites (tertiary alicyclic amines) is 1. The van der Waals surface area contributed by atoms with E-state index in [1.807, 2.05) is 106 Å². The van der Waals surface area contributed by atoms with E-state index in [1.54, 1.807) is 50.0 Å². The number of halogens is 1. The van der Waals surface area contributed by atoms with Crippen LogP contribution in [0.4, 0.5) is 35.9 Å². The number of amides is 6. The third-order valence-electron chi connectivity index (χ3n) is 7.89. The average Bonchev–Trinajstić information content (AvgIpc) is 3.74. The average molecular weight is 741 g/mol. The third-order valence-corrected chi connectivity index (χ3v) is 8.64. The van der Waals surface area contributed by atoms with Gasteiger partial charge in [-0.25, -0.2) is 14.4 Å². The van der Waals surface area contributed by atoms with Crippen molar-refractivity contribution in [3.05, 3.63) is 78.4 Å². The minimum Gasteiger partial charge on any atom is -0.497 e. The van der Waals surface area contributed by atoms with Crippen molar-refractivity contribution >= 4 is 46.9 Å². The minimum atomic E-state index is -0.618. The first kappa shape index (κ1) is 45.6. The van der Waals surface area contributed by atoms with Crippen LogP contribution in [0.1, 0.15) is 72.3 Å². The monoisotopic (exact) mass is 740 g/mol. The molecule has 3 aromatic carbocycles. The number of rotatable bonds is 11. The third kappa shape index (κ3) is 16.7. The molecule has 10 nitrogen and oxygen atoms in total. The number of nitrogens with one attached hydrogen (secondary N) is 2. The van der Waals surface area contributed by atoms with Crippen molar-refractivity contribution in [1.82, 2.24) is 14.7 Å². The Hall–Kier alpha value is -4.45. The number of methoxy groups -OCH3 is 1. The summed E-state index contributed by atoms with van der Waals surface area (Å²) in [7, 11) is 5.01. The topological polar surface area (TPSA) is 97.5 Å². The molecule has 288 valence electrons. The lowest BCUT2D eigenvalue weighted by Crippen LogP contribution is -2.37. The number of nitrogens with zero attached hydrogens (tertiary/aromatic N) is 4. The predicted molar refractivity (Wildman–Crippen MR) is 217 cm³/mol. The second-order valence-electron chi connectivity index (χ2n) is 11.8. The van der Waals surface area contributed by atoms with Crippen molar-refractivity contribution in [3.8, 4) is 5.75 Å². The van der Waals surface area contributed by atoms with E-state index in [2.05, 4.69) is 10.6 Å². The number of aryl methyl sites for hydroxylation is 1. The molecule has 1 aliphatic rings. The van der Waals surface area contributed by atoms with Gasteiger partial charge in [-0.1, -0.05) is 57.7 Å². The van der Waals surface area contributed by atoms with Gasteiger partial charge in [-0.05, 0) is 105 Å². The van der Waals surface area contributed by atoms with Gasteiger partial charge in [0.15, 0.2) is 0 Å². The number of hydrogen-bond donors (Lipinski definition) is 2. The number of unbranched alkanes of at least 4 members (excludes halogenated alkanes) is 1. The molecule has 0 bridgehead atoms. The van der Waals surface area contributed by atoms with Crippen LogP contribution in [0.25, 0.3) is 0 Å². The van der Waals surface area contributed by atoms with Crippen LogP contribution in [0.3, 0.4) is 0 Å². The fourth-order valence-corrected chi connectivity index (χ4v) is 5.15. The Bertz CT molecular complexity index is 1420. The molecule has 1 fully saturated rings. The van der Waals surface area contributed by atoms with Crippen molar-refractivity contribution < 1.29 is 23.6 Å². The van der Waals surface area contributed by atoms with E-state index < -0.39 is 6.03 Å². The molecule has 4 rings (SSSR count). The van der Waals surface area contributed by atoms with Gasteiger partial charge in [-0.2, -0.15) is 0 Å². The van der Waals surface area contributed by atoms with E-state index in [0.717, 1.165) is 80.8 Å². The standard InChI is InChI=1S/C14H21FN2O.C12H18N2O2.C12H16N2OS.C2H6/c1-4-6-11-16(3)14(18)17(15)13-9-7-12(5-2)8-10-13;1-4-9-14(2)12(15)13-10-5-7-11(16-3)8-6-10;1-16-11-6-4-10(5-7-11)13-12(15)14-8-2-3-9-14;1-2/h7-10H,4-6,11H2,1-3H3;5-8H,4,9H2,1-3H3,(H,13,15);4-7H,2-3,8-9H2,1H3,(H,13,15);1-2H3. The Morgan fingerprint density at radius 3 is 1.85 bits per heavy atom. The van der Waals surface area contributed by atoms with Crippen molar-refractivity contribution in [2.75, 3.05) is 69.4 Å². The zero-order valence-electron chi connectivity index (χ0n) is 32.7. The molecular weight excluding hydrogens is 680 g/mol. The van der Waals surface area contributed by atoms with Gasteiger partial charge in [0, 0.05) is 56.5 Å². The second kappa shape index (κ2) is 26.3. The van der Waals surface area contributed by atoms with Crippen LogP contribution in [0.2, 0.25) is 0 Å². The molecular formula is C40H61FN6O4S. The highest BCUT2D eigenvalue weighted by atomic mass is 32.2. The first-order chi connectivity index (χ1) is 25.1. The molecule has 1 heterocycles. The lowest BCUT2D eigenvalue weighted by Gasteiger charge is -2.21. The van der Waals surface area contributed by atoms with E-state index in [1.165, 1.54) is 9.80 Å². The molecule has 0 unspecified atom stereocenters. The van der Waals surface area contributed by atoms with Crippen LogP contribution < -0.4 is 20.5 Å². The number of carbonyl (C=O) groups excluding carboxylic acids is 3. The summed E-state index contributed by atoms with van der Waals surface area (Å²) in [6.07, 6.45) is 8.00. The SMILES string of the molecule is CC.CCCCN(C)C(=O)N(F)c1ccc(CC)cc1.CCCN(C)C(=O)Nc1ccc(OC)cc1.CSc1ccc(NC(=O)N2CCCC2)cc1. The predicted octanol–water partition coefficient (Wildman–Crippen LogP) is 10.4. The number of anilines is 3. The van der Waals surface area contributed by atoms with Crippen molar-refractivity contribution in [2.24, 2.45) is 0 Å². The summed E-state index contributed by atoms with van der Waals surface area (Å²) in [6.45, 7) is 13.2. The lowest BCUT2D eigenvalue weighted by molar-refractivity contribution is 0.200. The molecule has 2 N–H and O–H groups in total. The minimum absolute atomic E-state index is 0.0226. The molecule has 0 atom stereocenters. The summed E-state index contributed by atoms with van der Waals surface area (Å²) in [4.78, 5) is 41.3. The summed E-state index contributed by atoms with van der Waals surface area (Å²) in [5, 5.41) is 5.93. The van der Waals surface area contributed by atoms with Gasteiger partial charge < -0.3 is 30.1 Å². The maximum Gasteiger partial charge on any atom is 0.352 e. The van der Waals surface area contributed by atoms with Crippen molar-refractivity contribution in [3.63, 3.8) is 0 Å². The lowest BCUT2D eigenvalue weighted by atomic mass is 10.1. The van der Waals surface area contributed by atoms with Crippen LogP contribution in [0.5, 0.6) is 5.75 Å². The van der Waals surface area contributed by atoms with Crippen molar-refractivity contribution in [1.29, 1.82) is 0 Å². The second-order valence-corrected chi connectivity index (χ2v) is 12.7. The number of benzene rings is 3. The number of thioether (sulfide) groups is 1. The van der Waals surface area contributed by atoms with Gasteiger partial charge in [0.05, 0.1) is 12.8 Å². The van der Waals surface area contributed by atoms with Gasteiger partial charge in [0.1, 0.15) is 5.75 Å². The molecule has 6 amide bonds. The highest BCUT2D eigenvalue weighted by Crippen LogP contribution is 2.20. The molecule has 52 heavy (non-hydrogen) atoms. The summed E-state index contributed by atoms with van der Waals surface area (Å²) in [5.41, 5.74) is 3.04. The van der Waals surface area contributed by atoms with Gasteiger partial charge >= 0.3 is 18.1 Å². The van der Waals surface area contributed by atoms with E-state index in [4.69, 9.17) is 4.74 Å². The highest BCUT2D eigenvalue weighted by molar-refractivity contribution is 7.98. The fraction of sp³-hybridized carbons (Fsp3) is 0.475. The summed E-state index contributed by atoms with van der Waals surface area (Å²) in [5.74, 6) is 0.778. The Balaban J connectivity index is 0.000000381. The van der Waals surface area contributed by atoms with Gasteiger partial charge in [-0.15, -0.1) is 16.9 Å². The zero-order chi connectivity index (χ0) is 38.9. The molecule has 12 heteroatoms. The fourth-order valence-electron chi connectivity index (χ4n) is 4.74. The molecule has 0 aromatic heterocycles. The largest absolute Gasteiger partial charge is 0.497 e. The number of hydrogen-bond acceptors (Lipinski definition) is 5. The molecule has 0 radical (unpaired) electrons. The molecule has 0 aliphatic carbocycles. The van der Waals surface area contributed by atoms with Crippen LogP contribution >= 0.6 is 11.8 Å². The summed E-state index contributed by atoms with van der Waals surface area (Å²) < 4.78 is 18.9. The molecule has 0 spiro atoms. The molecule has 0 saturated carbocycles. The van der Waals surface area contributed by atoms with Gasteiger partial charge in [0.2, 0.25) is 0 Å². The first-order valence-corrected chi connectivity index (χ1v) is 19.4. The highest BCUT2D eigenvalue weighted by Gasteiger charge is 2.19. The zero-order valence-corrected chi connectivity index (χ0v) is 33.5. The van der Waals surface area contributed by atoms with Crippen LogP contribution in [-0.2, 0) is 6.42 Å². The quantitative estimate of drug-likeness (QED) is 0.151. The number of ether oxygens (including phenoxy) is 1. The summed E-state index contributed by atoms with van der Waals surface area (Å²) in [6, 6.07) is 21.4. The maximum atomic E-state index is 13.9. The Kier molecular flexibility index (Phi) is 23.1. The van der Waals surface area contributed by atoms with Gasteiger partial charge in [-0.3, -0.25) is 0 Å². The Morgan fingerprint density at radius 1 is 0.788 bits per heavy atom. The van der Waals surface area contributed by atoms with Crippen molar-refractivity contribution in [2.45, 2.75) is 78.0 Å². The molecule has 1 aliphatic heterocycles. The number of urea groups is 3. The van der Waals surface area contributed by atoms with E-state index in [-0.39, 0.29) is 22.9 Å². The first-order valence-electron chi connectivity index (χ1n) is 18.2. The smallest absolute Gasteiger partial charge is 0.352 e. The van der Waals surface area contributed by atoms with Crippen LogP contribution in [-0.4, -0.2) is 86.4 Å². The van der Waals surface area contributed by atoms with Gasteiger partial charge in [0.25, 0.3) is 0 Å².